The van der Waals surface area contributed by atoms with Crippen molar-refractivity contribution < 1.29 is 19.7 Å². The van der Waals surface area contributed by atoms with E-state index in [1.807, 2.05) is 109 Å². The number of hydrogen-bond acceptors (Lipinski definition) is 6. The number of rotatable bonds is 4. The molecule has 7 aromatic carbocycles. The van der Waals surface area contributed by atoms with Crippen molar-refractivity contribution in [3.63, 3.8) is 0 Å². The summed E-state index contributed by atoms with van der Waals surface area (Å²) in [5.41, 5.74) is 16.6. The van der Waals surface area contributed by atoms with E-state index in [1.165, 1.54) is 12.1 Å². The van der Waals surface area contributed by atoms with Gasteiger partial charge in [-0.25, -0.2) is 0 Å². The van der Waals surface area contributed by atoms with Crippen molar-refractivity contribution >= 4 is 22.1 Å². The van der Waals surface area contributed by atoms with Crippen molar-refractivity contribution in [1.82, 2.24) is 0 Å². The highest BCUT2D eigenvalue weighted by Crippen LogP contribution is 2.39. The Bertz CT molecular complexity index is 2620. The molecule has 0 saturated heterocycles. The van der Waals surface area contributed by atoms with Gasteiger partial charge in [0, 0.05) is 45.2 Å². The second-order valence-corrected chi connectivity index (χ2v) is 11.7. The Morgan fingerprint density at radius 2 is 0.885 bits per heavy atom. The summed E-state index contributed by atoms with van der Waals surface area (Å²) in [5, 5.41) is 21.6. The lowest BCUT2D eigenvalue weighted by Crippen LogP contribution is -1.98. The van der Waals surface area contributed by atoms with Crippen LogP contribution in [0.25, 0.3) is 10.8 Å². The van der Waals surface area contributed by atoms with Gasteiger partial charge in [0.25, 0.3) is 0 Å². The topological polar surface area (TPSA) is 111 Å². The number of anilines is 2. The highest BCUT2D eigenvalue weighted by Gasteiger charge is 2.18. The Morgan fingerprint density at radius 1 is 0.404 bits per heavy atom. The first-order valence-corrected chi connectivity index (χ1v) is 16.3. The third-order valence-corrected chi connectivity index (χ3v) is 7.98. The first-order chi connectivity index (χ1) is 25.4. The third kappa shape index (κ3) is 7.61. The van der Waals surface area contributed by atoms with Gasteiger partial charge in [-0.3, -0.25) is 0 Å². The molecule has 248 valence electrons. The van der Waals surface area contributed by atoms with Crippen LogP contribution in [0.1, 0.15) is 33.4 Å². The minimum absolute atomic E-state index is 0.0386. The van der Waals surface area contributed by atoms with Gasteiger partial charge < -0.3 is 31.2 Å². The quantitative estimate of drug-likeness (QED) is 0.0842. The molecule has 52 heavy (non-hydrogen) atoms. The molecule has 7 aromatic rings. The molecule has 0 aliphatic rings. The summed E-state index contributed by atoms with van der Waals surface area (Å²) < 4.78 is 12.9. The first kappa shape index (κ1) is 32.8. The molecular weight excluding hydrogens is 645 g/mol. The molecule has 0 aromatic heterocycles. The molecule has 0 heterocycles. The lowest BCUT2D eigenvalue weighted by atomic mass is 9.94. The molecule has 0 saturated carbocycles. The SMILES string of the molecule is Nc1cc(Oc2cc(C#Cc3ccccc3)c3cc(Oc4ccc(O)c(N)c4)c(C#Cc4ccccc4)c(C#Cc4ccccc4)c3c2)ccc1O. The highest BCUT2D eigenvalue weighted by molar-refractivity contribution is 5.98. The molecule has 6 N–H and O–H groups in total. The van der Waals surface area contributed by atoms with Crippen LogP contribution in [0.15, 0.2) is 146 Å². The first-order valence-electron chi connectivity index (χ1n) is 16.3. The average Bonchev–Trinajstić information content (AvgIpc) is 3.16. The number of nitrogen functional groups attached to an aromatic ring is 2. The Hall–Kier alpha value is -7.72. The van der Waals surface area contributed by atoms with E-state index in [0.29, 0.717) is 39.7 Å². The van der Waals surface area contributed by atoms with Crippen LogP contribution in [0.5, 0.6) is 34.5 Å². The van der Waals surface area contributed by atoms with Crippen molar-refractivity contribution in [2.75, 3.05) is 11.5 Å². The summed E-state index contributed by atoms with van der Waals surface area (Å²) in [6, 6.07) is 43.9. The predicted molar refractivity (Wildman–Crippen MR) is 206 cm³/mol. The van der Waals surface area contributed by atoms with E-state index < -0.39 is 0 Å². The number of phenols is 2. The zero-order valence-electron chi connectivity index (χ0n) is 27.7. The van der Waals surface area contributed by atoms with Gasteiger partial charge in [0.2, 0.25) is 0 Å². The Balaban J connectivity index is 1.53. The van der Waals surface area contributed by atoms with E-state index >= 15 is 0 Å². The normalized spacial score (nSPS) is 10.2. The van der Waals surface area contributed by atoms with E-state index in [0.717, 1.165) is 27.5 Å². The van der Waals surface area contributed by atoms with E-state index in [9.17, 15) is 10.2 Å². The number of phenolic OH excluding ortho intramolecular Hbond substituents is 2. The van der Waals surface area contributed by atoms with Crippen LogP contribution >= 0.6 is 0 Å². The van der Waals surface area contributed by atoms with Crippen molar-refractivity contribution in [1.29, 1.82) is 0 Å². The van der Waals surface area contributed by atoms with Crippen molar-refractivity contribution in [2.45, 2.75) is 0 Å². The van der Waals surface area contributed by atoms with Crippen LogP contribution in [0.4, 0.5) is 11.4 Å². The predicted octanol–water partition coefficient (Wildman–Crippen LogP) is 9.20. The van der Waals surface area contributed by atoms with Gasteiger partial charge in [0.15, 0.2) is 0 Å². The van der Waals surface area contributed by atoms with Gasteiger partial charge in [0.1, 0.15) is 34.5 Å². The summed E-state index contributed by atoms with van der Waals surface area (Å²) in [6.07, 6.45) is 0. The molecule has 0 fully saturated rings. The standard InChI is InChI=1S/C46H30N2O4/c47-42-28-35(20-24-44(42)49)51-37-26-34(19-16-31-10-4-1-5-11-31)40-30-46(52-36-21-25-45(50)43(48)29-36)39(23-18-33-14-8-3-9-15-33)38(41(40)27-37)22-17-32-12-6-2-7-13-32/h1-15,20-21,24-30,49-50H,47-48H2. The van der Waals surface area contributed by atoms with E-state index in [1.54, 1.807) is 24.3 Å². The minimum atomic E-state index is -0.0502. The van der Waals surface area contributed by atoms with Gasteiger partial charge in [0.05, 0.1) is 22.5 Å². The summed E-state index contributed by atoms with van der Waals surface area (Å²) in [4.78, 5) is 0. The Kier molecular flexibility index (Phi) is 9.34. The Labute approximate surface area is 301 Å². The minimum Gasteiger partial charge on any atom is -0.506 e. The molecule has 0 aliphatic carbocycles. The van der Waals surface area contributed by atoms with Crippen LogP contribution < -0.4 is 20.9 Å². The van der Waals surface area contributed by atoms with Crippen LogP contribution in [0.3, 0.4) is 0 Å². The van der Waals surface area contributed by atoms with Gasteiger partial charge >= 0.3 is 0 Å². The van der Waals surface area contributed by atoms with Crippen molar-refractivity contribution in [2.24, 2.45) is 0 Å². The molecule has 6 heteroatoms. The summed E-state index contributed by atoms with van der Waals surface area (Å²) in [5.74, 6) is 21.6. The summed E-state index contributed by atoms with van der Waals surface area (Å²) >= 11 is 0. The number of fused-ring (bicyclic) bond motifs is 1. The summed E-state index contributed by atoms with van der Waals surface area (Å²) in [7, 11) is 0. The molecule has 0 radical (unpaired) electrons. The number of hydrogen-bond donors (Lipinski definition) is 4. The smallest absolute Gasteiger partial charge is 0.145 e. The fourth-order valence-electron chi connectivity index (χ4n) is 5.38. The molecular formula is C46H30N2O4. The maximum atomic E-state index is 10.1. The van der Waals surface area contributed by atoms with Crippen molar-refractivity contribution in [3.05, 3.63) is 179 Å². The van der Waals surface area contributed by atoms with Gasteiger partial charge in [-0.1, -0.05) is 90.1 Å². The van der Waals surface area contributed by atoms with Crippen LogP contribution in [-0.2, 0) is 0 Å². The maximum Gasteiger partial charge on any atom is 0.145 e. The van der Waals surface area contributed by atoms with Gasteiger partial charge in [-0.2, -0.15) is 0 Å². The maximum absolute atomic E-state index is 10.1. The molecule has 0 atom stereocenters. The van der Waals surface area contributed by atoms with Gasteiger partial charge in [-0.15, -0.1) is 0 Å². The molecule has 0 bridgehead atoms. The van der Waals surface area contributed by atoms with Crippen LogP contribution in [0, 0.1) is 35.5 Å². The highest BCUT2D eigenvalue weighted by atomic mass is 16.5. The van der Waals surface area contributed by atoms with E-state index in [2.05, 4.69) is 35.5 Å². The second kappa shape index (κ2) is 14.8. The second-order valence-electron chi connectivity index (χ2n) is 11.7. The molecule has 0 spiro atoms. The number of nitrogens with two attached hydrogens (primary N) is 2. The summed E-state index contributed by atoms with van der Waals surface area (Å²) in [6.45, 7) is 0. The largest absolute Gasteiger partial charge is 0.506 e. The third-order valence-electron chi connectivity index (χ3n) is 7.98. The zero-order chi connectivity index (χ0) is 35.9. The average molecular weight is 675 g/mol. The lowest BCUT2D eigenvalue weighted by molar-refractivity contribution is 0.466. The molecule has 0 amide bonds. The number of benzene rings is 7. The molecule has 0 aliphatic heterocycles. The molecule has 6 nitrogen and oxygen atoms in total. The van der Waals surface area contributed by atoms with Crippen LogP contribution in [0.2, 0.25) is 0 Å². The number of ether oxygens (including phenoxy) is 2. The molecule has 7 rings (SSSR count). The fraction of sp³-hybridized carbons (Fsp3) is 0. The zero-order valence-corrected chi connectivity index (χ0v) is 27.7. The number of aromatic hydroxyl groups is 2. The van der Waals surface area contributed by atoms with Crippen molar-refractivity contribution in [3.8, 4) is 70.0 Å². The lowest BCUT2D eigenvalue weighted by Gasteiger charge is -2.16. The van der Waals surface area contributed by atoms with Gasteiger partial charge in [-0.05, 0) is 78.9 Å². The van der Waals surface area contributed by atoms with Crippen LogP contribution in [-0.4, -0.2) is 10.2 Å². The molecule has 0 unspecified atom stereocenters. The Morgan fingerprint density at radius 3 is 1.40 bits per heavy atom. The monoisotopic (exact) mass is 674 g/mol. The fourth-order valence-corrected chi connectivity index (χ4v) is 5.38. The van der Waals surface area contributed by atoms with E-state index in [-0.39, 0.29) is 22.9 Å². The van der Waals surface area contributed by atoms with E-state index in [4.69, 9.17) is 20.9 Å².